The van der Waals surface area contributed by atoms with Crippen LogP contribution in [-0.4, -0.2) is 46.8 Å². The van der Waals surface area contributed by atoms with Crippen LogP contribution in [0.5, 0.6) is 0 Å². The molecule has 0 saturated heterocycles. The van der Waals surface area contributed by atoms with Gasteiger partial charge in [0.05, 0.1) is 5.60 Å². The number of carbonyl (C=O) groups is 1. The average molecular weight is 335 g/mol. The van der Waals surface area contributed by atoms with Crippen LogP contribution in [0.2, 0.25) is 0 Å². The molecule has 0 fully saturated rings. The molecule has 126 valence electrons. The van der Waals surface area contributed by atoms with Gasteiger partial charge in [-0.15, -0.1) is 0 Å². The highest BCUT2D eigenvalue weighted by Crippen LogP contribution is 2.22. The first-order chi connectivity index (χ1) is 10.9. The van der Waals surface area contributed by atoms with Gasteiger partial charge in [-0.3, -0.25) is 0 Å². The molecule has 0 aliphatic carbocycles. The van der Waals surface area contributed by atoms with Crippen LogP contribution < -0.4 is 10.6 Å². The molecule has 0 radical (unpaired) electrons. The average Bonchev–Trinajstić information content (AvgIpc) is 2.90. The fourth-order valence-corrected chi connectivity index (χ4v) is 3.38. The molecule has 0 saturated carbocycles. The summed E-state index contributed by atoms with van der Waals surface area (Å²) in [7, 11) is 0. The van der Waals surface area contributed by atoms with Gasteiger partial charge in [0.15, 0.2) is 0 Å². The lowest BCUT2D eigenvalue weighted by molar-refractivity contribution is 0.0869. The number of nitrogens with one attached hydrogen (secondary N) is 3. The molecule has 1 aromatic carbocycles. The number of hydrogen-bond donors (Lipinski definition) is 4. The van der Waals surface area contributed by atoms with Crippen molar-refractivity contribution in [2.75, 3.05) is 25.1 Å². The van der Waals surface area contributed by atoms with E-state index in [1.54, 1.807) is 18.7 Å². The lowest BCUT2D eigenvalue weighted by Crippen LogP contribution is -2.46. The van der Waals surface area contributed by atoms with E-state index < -0.39 is 5.60 Å². The molecule has 5 nitrogen and oxygen atoms in total. The van der Waals surface area contributed by atoms with Gasteiger partial charge in [-0.1, -0.05) is 12.1 Å². The molecule has 0 bridgehead atoms. The maximum atomic E-state index is 11.8. The standard InChI is InChI=1S/C17H25N3O2S/c1-12-5-4-6-14-15(12)13(9-19-14)7-8-18-16(21)20-10-17(2,22)11-23-3/h4-6,9,19,22H,7-8,10-11H2,1-3H3,(H2,18,20,21). The van der Waals surface area contributed by atoms with Gasteiger partial charge in [0.25, 0.3) is 0 Å². The first-order valence-corrected chi connectivity index (χ1v) is 9.11. The number of thioether (sulfide) groups is 1. The van der Waals surface area contributed by atoms with Crippen molar-refractivity contribution in [2.24, 2.45) is 0 Å². The van der Waals surface area contributed by atoms with Crippen molar-refractivity contribution in [3.8, 4) is 0 Å². The van der Waals surface area contributed by atoms with Crippen LogP contribution in [0.25, 0.3) is 10.9 Å². The number of aromatic nitrogens is 1. The Kier molecular flexibility index (Phi) is 5.96. The zero-order valence-electron chi connectivity index (χ0n) is 13.9. The number of H-pyrrole nitrogens is 1. The number of aliphatic hydroxyl groups is 1. The number of carbonyl (C=O) groups excluding carboxylic acids is 1. The number of aryl methyl sites for hydroxylation is 1. The zero-order chi connectivity index (χ0) is 16.9. The molecule has 2 amide bonds. The quantitative estimate of drug-likeness (QED) is 0.628. The third-order valence-electron chi connectivity index (χ3n) is 3.76. The van der Waals surface area contributed by atoms with Crippen molar-refractivity contribution in [3.63, 3.8) is 0 Å². The number of aromatic amines is 1. The van der Waals surface area contributed by atoms with Crippen molar-refractivity contribution < 1.29 is 9.90 Å². The second kappa shape index (κ2) is 7.75. The van der Waals surface area contributed by atoms with Gasteiger partial charge in [-0.25, -0.2) is 4.79 Å². The van der Waals surface area contributed by atoms with E-state index in [0.717, 1.165) is 11.9 Å². The largest absolute Gasteiger partial charge is 0.387 e. The lowest BCUT2D eigenvalue weighted by atomic mass is 10.1. The van der Waals surface area contributed by atoms with E-state index in [0.29, 0.717) is 12.3 Å². The number of amides is 2. The third-order valence-corrected chi connectivity index (χ3v) is 4.67. The molecule has 23 heavy (non-hydrogen) atoms. The normalized spacial score (nSPS) is 13.7. The van der Waals surface area contributed by atoms with Crippen LogP contribution >= 0.6 is 11.8 Å². The van der Waals surface area contributed by atoms with Crippen LogP contribution in [0, 0.1) is 6.92 Å². The smallest absolute Gasteiger partial charge is 0.314 e. The summed E-state index contributed by atoms with van der Waals surface area (Å²) >= 11 is 1.55. The van der Waals surface area contributed by atoms with Gasteiger partial charge in [-0.2, -0.15) is 11.8 Å². The molecule has 6 heteroatoms. The Morgan fingerprint density at radius 1 is 1.39 bits per heavy atom. The Hall–Kier alpha value is -1.66. The van der Waals surface area contributed by atoms with Gasteiger partial charge < -0.3 is 20.7 Å². The molecule has 0 aliphatic heterocycles. The Bertz CT molecular complexity index is 667. The highest BCUT2D eigenvalue weighted by Gasteiger charge is 2.20. The Morgan fingerprint density at radius 3 is 2.91 bits per heavy atom. The number of rotatable bonds is 7. The molecule has 2 aromatic rings. The maximum Gasteiger partial charge on any atom is 0.314 e. The van der Waals surface area contributed by atoms with Crippen molar-refractivity contribution in [3.05, 3.63) is 35.5 Å². The summed E-state index contributed by atoms with van der Waals surface area (Å²) in [5.41, 5.74) is 2.67. The summed E-state index contributed by atoms with van der Waals surface area (Å²) in [5.74, 6) is 0.585. The number of hydrogen-bond acceptors (Lipinski definition) is 3. The van der Waals surface area contributed by atoms with E-state index in [-0.39, 0.29) is 12.6 Å². The monoisotopic (exact) mass is 335 g/mol. The molecule has 1 heterocycles. The van der Waals surface area contributed by atoms with Gasteiger partial charge in [0.2, 0.25) is 0 Å². The fraction of sp³-hybridized carbons (Fsp3) is 0.471. The van der Waals surface area contributed by atoms with Crippen LogP contribution in [0.1, 0.15) is 18.1 Å². The topological polar surface area (TPSA) is 77.2 Å². The highest BCUT2D eigenvalue weighted by molar-refractivity contribution is 7.98. The first-order valence-electron chi connectivity index (χ1n) is 7.71. The molecule has 4 N–H and O–H groups in total. The second-order valence-electron chi connectivity index (χ2n) is 6.10. The minimum atomic E-state index is -0.884. The number of benzene rings is 1. The van der Waals surface area contributed by atoms with E-state index in [1.165, 1.54) is 16.5 Å². The summed E-state index contributed by atoms with van der Waals surface area (Å²) in [4.78, 5) is 15.1. The predicted octanol–water partition coefficient (Wildman–Crippen LogP) is 2.43. The molecular weight excluding hydrogens is 310 g/mol. The summed E-state index contributed by atoms with van der Waals surface area (Å²) < 4.78 is 0. The summed E-state index contributed by atoms with van der Waals surface area (Å²) in [6.45, 7) is 4.61. The van der Waals surface area contributed by atoms with Crippen molar-refractivity contribution in [1.29, 1.82) is 0 Å². The fourth-order valence-electron chi connectivity index (χ4n) is 2.65. The van der Waals surface area contributed by atoms with Crippen molar-refractivity contribution in [2.45, 2.75) is 25.9 Å². The lowest BCUT2D eigenvalue weighted by Gasteiger charge is -2.22. The number of urea groups is 1. The molecular formula is C17H25N3O2S. The molecule has 1 aromatic heterocycles. The molecule has 0 spiro atoms. The summed E-state index contributed by atoms with van der Waals surface area (Å²) in [5, 5.41) is 16.8. The minimum absolute atomic E-state index is 0.242. The van der Waals surface area contributed by atoms with E-state index in [2.05, 4.69) is 34.7 Å². The SMILES string of the molecule is CSCC(C)(O)CNC(=O)NCCc1c[nH]c2cccc(C)c12. The molecule has 2 rings (SSSR count). The number of fused-ring (bicyclic) bond motifs is 1. The zero-order valence-corrected chi connectivity index (χ0v) is 14.7. The van der Waals surface area contributed by atoms with Crippen molar-refractivity contribution >= 4 is 28.7 Å². The van der Waals surface area contributed by atoms with Crippen LogP contribution in [0.3, 0.4) is 0 Å². The van der Waals surface area contributed by atoms with Gasteiger partial charge in [-0.05, 0) is 43.7 Å². The van der Waals surface area contributed by atoms with Gasteiger partial charge in [0.1, 0.15) is 0 Å². The maximum absolute atomic E-state index is 11.8. The summed E-state index contributed by atoms with van der Waals surface area (Å²) in [6.07, 6.45) is 4.69. The minimum Gasteiger partial charge on any atom is -0.387 e. The molecule has 1 unspecified atom stereocenters. The molecule has 1 atom stereocenters. The van der Waals surface area contributed by atoms with Crippen molar-refractivity contribution in [1.82, 2.24) is 15.6 Å². The van der Waals surface area contributed by atoms with Gasteiger partial charge >= 0.3 is 6.03 Å². The van der Waals surface area contributed by atoms with E-state index in [9.17, 15) is 9.90 Å². The van der Waals surface area contributed by atoms with E-state index >= 15 is 0 Å². The Morgan fingerprint density at radius 2 is 2.17 bits per heavy atom. The third kappa shape index (κ3) is 4.91. The van der Waals surface area contributed by atoms with Crippen LogP contribution in [0.4, 0.5) is 4.79 Å². The van der Waals surface area contributed by atoms with Crippen LogP contribution in [0.15, 0.2) is 24.4 Å². The predicted molar refractivity (Wildman–Crippen MR) is 97.1 cm³/mol. The Balaban J connectivity index is 1.81. The summed E-state index contributed by atoms with van der Waals surface area (Å²) in [6, 6.07) is 5.93. The van der Waals surface area contributed by atoms with Gasteiger partial charge in [0, 0.05) is 35.9 Å². The highest BCUT2D eigenvalue weighted by atomic mass is 32.2. The molecule has 0 aliphatic rings. The Labute approximate surface area is 141 Å². The van der Waals surface area contributed by atoms with E-state index in [4.69, 9.17) is 0 Å². The van der Waals surface area contributed by atoms with E-state index in [1.807, 2.05) is 18.5 Å². The first kappa shape index (κ1) is 17.7. The second-order valence-corrected chi connectivity index (χ2v) is 6.97. The van der Waals surface area contributed by atoms with Crippen LogP contribution in [-0.2, 0) is 6.42 Å².